The summed E-state index contributed by atoms with van der Waals surface area (Å²) in [6.07, 6.45) is 4.74. The van der Waals surface area contributed by atoms with Gasteiger partial charge in [0.05, 0.1) is 6.61 Å². The minimum atomic E-state index is 0.347. The molecule has 0 saturated carbocycles. The lowest BCUT2D eigenvalue weighted by atomic mass is 9.87. The van der Waals surface area contributed by atoms with Crippen LogP contribution in [0, 0.1) is 5.92 Å². The number of hydrogen-bond acceptors (Lipinski definition) is 2. The molecule has 100 valence electrons. The lowest BCUT2D eigenvalue weighted by Gasteiger charge is -2.26. The summed E-state index contributed by atoms with van der Waals surface area (Å²) < 4.78 is 5.69. The molecule has 1 aromatic carbocycles. The van der Waals surface area contributed by atoms with Crippen LogP contribution >= 0.6 is 0 Å². The Labute approximate surface area is 111 Å². The third kappa shape index (κ3) is 3.26. The van der Waals surface area contributed by atoms with Crippen molar-refractivity contribution in [3.63, 3.8) is 0 Å². The highest BCUT2D eigenvalue weighted by Gasteiger charge is 2.20. The average molecular weight is 247 g/mol. The van der Waals surface area contributed by atoms with Gasteiger partial charge in [0, 0.05) is 6.04 Å². The summed E-state index contributed by atoms with van der Waals surface area (Å²) in [5.41, 5.74) is 7.49. The zero-order chi connectivity index (χ0) is 13.0. The molecule has 1 heterocycles. The Balaban J connectivity index is 1.88. The molecule has 0 spiro atoms. The average Bonchev–Trinajstić information content (AvgIpc) is 2.38. The van der Waals surface area contributed by atoms with Crippen molar-refractivity contribution in [2.24, 2.45) is 11.7 Å². The standard InChI is InChI=1S/C16H25NO/c1-12(2)15(17)8-5-6-13-10-11-18-16-9-4-3-7-14(13)16/h3-4,7,9,12-13,15H,5-6,8,10-11,17H2,1-2H3. The number of rotatable bonds is 5. The number of benzene rings is 1. The van der Waals surface area contributed by atoms with E-state index in [1.54, 1.807) is 0 Å². The van der Waals surface area contributed by atoms with Crippen molar-refractivity contribution in [2.75, 3.05) is 6.61 Å². The van der Waals surface area contributed by atoms with E-state index in [4.69, 9.17) is 10.5 Å². The van der Waals surface area contributed by atoms with E-state index in [2.05, 4.69) is 38.1 Å². The first-order valence-electron chi connectivity index (χ1n) is 7.15. The van der Waals surface area contributed by atoms with Gasteiger partial charge in [-0.15, -0.1) is 0 Å². The molecule has 0 amide bonds. The molecule has 1 aliphatic heterocycles. The van der Waals surface area contributed by atoms with E-state index in [1.807, 2.05) is 0 Å². The molecule has 0 bridgehead atoms. The first-order valence-corrected chi connectivity index (χ1v) is 7.15. The normalized spacial score (nSPS) is 20.3. The van der Waals surface area contributed by atoms with E-state index in [9.17, 15) is 0 Å². The predicted octanol–water partition coefficient (Wildman–Crippen LogP) is 3.71. The maximum absolute atomic E-state index is 6.10. The molecule has 0 fully saturated rings. The molecule has 0 aliphatic carbocycles. The van der Waals surface area contributed by atoms with Crippen LogP contribution in [0.3, 0.4) is 0 Å². The monoisotopic (exact) mass is 247 g/mol. The van der Waals surface area contributed by atoms with Crippen LogP contribution in [-0.2, 0) is 0 Å². The van der Waals surface area contributed by atoms with E-state index in [1.165, 1.54) is 18.4 Å². The summed E-state index contributed by atoms with van der Waals surface area (Å²) in [4.78, 5) is 0. The Bertz CT molecular complexity index is 375. The lowest BCUT2D eigenvalue weighted by molar-refractivity contribution is 0.260. The van der Waals surface area contributed by atoms with Crippen LogP contribution in [0.25, 0.3) is 0 Å². The van der Waals surface area contributed by atoms with Crippen LogP contribution in [0.15, 0.2) is 24.3 Å². The van der Waals surface area contributed by atoms with Crippen molar-refractivity contribution in [3.05, 3.63) is 29.8 Å². The largest absolute Gasteiger partial charge is 0.493 e. The van der Waals surface area contributed by atoms with Crippen LogP contribution < -0.4 is 10.5 Å². The highest BCUT2D eigenvalue weighted by molar-refractivity contribution is 5.37. The summed E-state index contributed by atoms with van der Waals surface area (Å²) in [6, 6.07) is 8.80. The summed E-state index contributed by atoms with van der Waals surface area (Å²) in [6.45, 7) is 5.26. The van der Waals surface area contributed by atoms with Crippen LogP contribution in [0.5, 0.6) is 5.75 Å². The van der Waals surface area contributed by atoms with Crippen LogP contribution in [0.1, 0.15) is 51.0 Å². The van der Waals surface area contributed by atoms with Gasteiger partial charge in [-0.1, -0.05) is 38.5 Å². The molecule has 0 saturated heterocycles. The minimum absolute atomic E-state index is 0.347. The smallest absolute Gasteiger partial charge is 0.122 e. The van der Waals surface area contributed by atoms with Gasteiger partial charge in [-0.05, 0) is 42.7 Å². The van der Waals surface area contributed by atoms with E-state index in [-0.39, 0.29) is 0 Å². The Morgan fingerprint density at radius 3 is 2.89 bits per heavy atom. The highest BCUT2D eigenvalue weighted by atomic mass is 16.5. The molecule has 2 nitrogen and oxygen atoms in total. The zero-order valence-corrected chi connectivity index (χ0v) is 11.6. The Kier molecular flexibility index (Phi) is 4.65. The maximum atomic E-state index is 6.10. The minimum Gasteiger partial charge on any atom is -0.493 e. The number of ether oxygens (including phenoxy) is 1. The van der Waals surface area contributed by atoms with E-state index >= 15 is 0 Å². The van der Waals surface area contributed by atoms with E-state index in [0.29, 0.717) is 17.9 Å². The van der Waals surface area contributed by atoms with Crippen molar-refractivity contribution >= 4 is 0 Å². The molecule has 2 rings (SSSR count). The van der Waals surface area contributed by atoms with Gasteiger partial charge in [0.1, 0.15) is 5.75 Å². The molecule has 2 atom stereocenters. The van der Waals surface area contributed by atoms with Gasteiger partial charge in [0.25, 0.3) is 0 Å². The Hall–Kier alpha value is -1.02. The van der Waals surface area contributed by atoms with Crippen molar-refractivity contribution < 1.29 is 4.74 Å². The van der Waals surface area contributed by atoms with Crippen molar-refractivity contribution in [1.29, 1.82) is 0 Å². The quantitative estimate of drug-likeness (QED) is 0.861. The van der Waals surface area contributed by atoms with Gasteiger partial charge in [-0.3, -0.25) is 0 Å². The number of nitrogens with two attached hydrogens (primary N) is 1. The molecule has 0 aromatic heterocycles. The summed E-state index contributed by atoms with van der Waals surface area (Å²) >= 11 is 0. The van der Waals surface area contributed by atoms with Crippen molar-refractivity contribution in [3.8, 4) is 5.75 Å². The SMILES string of the molecule is CC(C)C(N)CCCC1CCOc2ccccc21. The molecule has 2 unspecified atom stereocenters. The Morgan fingerprint density at radius 1 is 1.33 bits per heavy atom. The van der Waals surface area contributed by atoms with Gasteiger partial charge in [0.15, 0.2) is 0 Å². The number of hydrogen-bond donors (Lipinski definition) is 1. The first-order chi connectivity index (χ1) is 8.68. The summed E-state index contributed by atoms with van der Waals surface area (Å²) in [7, 11) is 0. The van der Waals surface area contributed by atoms with E-state index in [0.717, 1.165) is 25.2 Å². The van der Waals surface area contributed by atoms with Gasteiger partial charge >= 0.3 is 0 Å². The fourth-order valence-electron chi connectivity index (χ4n) is 2.65. The predicted molar refractivity (Wildman–Crippen MR) is 76.0 cm³/mol. The van der Waals surface area contributed by atoms with Crippen LogP contribution in [0.2, 0.25) is 0 Å². The second-order valence-electron chi connectivity index (χ2n) is 5.71. The fraction of sp³-hybridized carbons (Fsp3) is 0.625. The fourth-order valence-corrected chi connectivity index (χ4v) is 2.65. The molecule has 2 heteroatoms. The second kappa shape index (κ2) is 6.24. The molecule has 2 N–H and O–H groups in total. The molecule has 1 aromatic rings. The third-order valence-corrected chi connectivity index (χ3v) is 4.03. The van der Waals surface area contributed by atoms with Gasteiger partial charge in [-0.25, -0.2) is 0 Å². The number of para-hydroxylation sites is 1. The van der Waals surface area contributed by atoms with E-state index < -0.39 is 0 Å². The Morgan fingerprint density at radius 2 is 2.11 bits per heavy atom. The van der Waals surface area contributed by atoms with Gasteiger partial charge in [0.2, 0.25) is 0 Å². The summed E-state index contributed by atoms with van der Waals surface area (Å²) in [5, 5.41) is 0. The lowest BCUT2D eigenvalue weighted by Crippen LogP contribution is -2.26. The summed E-state index contributed by atoms with van der Waals surface area (Å²) in [5.74, 6) is 2.34. The van der Waals surface area contributed by atoms with Crippen LogP contribution in [0.4, 0.5) is 0 Å². The van der Waals surface area contributed by atoms with Gasteiger partial charge in [-0.2, -0.15) is 0 Å². The van der Waals surface area contributed by atoms with Crippen molar-refractivity contribution in [2.45, 2.75) is 51.5 Å². The molecular formula is C16H25NO. The topological polar surface area (TPSA) is 35.2 Å². The zero-order valence-electron chi connectivity index (χ0n) is 11.6. The molecule has 1 aliphatic rings. The third-order valence-electron chi connectivity index (χ3n) is 4.03. The highest BCUT2D eigenvalue weighted by Crippen LogP contribution is 2.36. The van der Waals surface area contributed by atoms with Crippen molar-refractivity contribution in [1.82, 2.24) is 0 Å². The maximum Gasteiger partial charge on any atom is 0.122 e. The van der Waals surface area contributed by atoms with Crippen LogP contribution in [-0.4, -0.2) is 12.6 Å². The van der Waals surface area contributed by atoms with Gasteiger partial charge < -0.3 is 10.5 Å². The molecular weight excluding hydrogens is 222 g/mol. The molecule has 0 radical (unpaired) electrons. The second-order valence-corrected chi connectivity index (χ2v) is 5.71. The molecule has 18 heavy (non-hydrogen) atoms. The first kappa shape index (κ1) is 13.4. The number of fused-ring (bicyclic) bond motifs is 1.